The molecule has 0 radical (unpaired) electrons. The minimum atomic E-state index is -0.362. The van der Waals surface area contributed by atoms with Crippen LogP contribution >= 0.6 is 0 Å². The Bertz CT molecular complexity index is 328. The molecule has 0 aliphatic carbocycles. The summed E-state index contributed by atoms with van der Waals surface area (Å²) in [6, 6.07) is 5.85. The van der Waals surface area contributed by atoms with E-state index in [4.69, 9.17) is 4.74 Å². The lowest BCUT2D eigenvalue weighted by atomic mass is 10.3. The lowest BCUT2D eigenvalue weighted by Gasteiger charge is -2.16. The zero-order valence-corrected chi connectivity index (χ0v) is 8.16. The van der Waals surface area contributed by atoms with E-state index in [0.717, 1.165) is 0 Å². The van der Waals surface area contributed by atoms with Gasteiger partial charge in [0.25, 0.3) is 5.91 Å². The van der Waals surface area contributed by atoms with Crippen molar-refractivity contribution in [3.05, 3.63) is 30.1 Å². The number of methoxy groups -OCH3 is 1. The highest BCUT2D eigenvalue weighted by Gasteiger charge is 2.10. The van der Waals surface area contributed by atoms with Gasteiger partial charge in [-0.1, -0.05) is 6.07 Å². The molecule has 0 heterocycles. The predicted octanol–water partition coefficient (Wildman–Crippen LogP) is 1.43. The molecule has 0 N–H and O–H groups in total. The van der Waals surface area contributed by atoms with E-state index in [1.165, 1.54) is 24.1 Å². The zero-order valence-electron chi connectivity index (χ0n) is 8.16. The lowest BCUT2D eigenvalue weighted by molar-refractivity contribution is -0.121. The van der Waals surface area contributed by atoms with Gasteiger partial charge in [0.2, 0.25) is 0 Å². The Hall–Kier alpha value is -1.42. The Morgan fingerprint density at radius 2 is 2.29 bits per heavy atom. The second-order valence-electron chi connectivity index (χ2n) is 2.87. The molecule has 14 heavy (non-hydrogen) atoms. The quantitative estimate of drug-likeness (QED) is 0.733. The molecule has 0 aliphatic heterocycles. The van der Waals surface area contributed by atoms with Crippen LogP contribution < -0.4 is 4.90 Å². The summed E-state index contributed by atoms with van der Waals surface area (Å²) in [5.41, 5.74) is 0.520. The monoisotopic (exact) mass is 197 g/mol. The molecule has 0 aromatic heterocycles. The number of amides is 1. The lowest BCUT2D eigenvalue weighted by Crippen LogP contribution is -2.29. The van der Waals surface area contributed by atoms with Crippen molar-refractivity contribution in [1.82, 2.24) is 0 Å². The highest BCUT2D eigenvalue weighted by atomic mass is 19.1. The smallest absolute Gasteiger partial charge is 0.252 e. The first-order valence-electron chi connectivity index (χ1n) is 4.16. The zero-order chi connectivity index (χ0) is 10.6. The minimum Gasteiger partial charge on any atom is -0.375 e. The molecule has 1 aromatic carbocycles. The number of carbonyl (C=O) groups is 1. The fourth-order valence-electron chi connectivity index (χ4n) is 1.05. The molecule has 0 spiro atoms. The number of rotatable bonds is 3. The van der Waals surface area contributed by atoms with Crippen LogP contribution in [0, 0.1) is 5.82 Å². The van der Waals surface area contributed by atoms with Crippen LogP contribution in [0.5, 0.6) is 0 Å². The molecule has 0 saturated carbocycles. The van der Waals surface area contributed by atoms with Crippen molar-refractivity contribution in [3.8, 4) is 0 Å². The van der Waals surface area contributed by atoms with Gasteiger partial charge in [0.05, 0.1) is 0 Å². The van der Waals surface area contributed by atoms with Gasteiger partial charge in [-0.2, -0.15) is 0 Å². The van der Waals surface area contributed by atoms with Crippen molar-refractivity contribution in [2.45, 2.75) is 0 Å². The second-order valence-corrected chi connectivity index (χ2v) is 2.87. The van der Waals surface area contributed by atoms with Crippen molar-refractivity contribution in [2.24, 2.45) is 0 Å². The fraction of sp³-hybridized carbons (Fsp3) is 0.300. The molecule has 1 aromatic rings. The van der Waals surface area contributed by atoms with Crippen LogP contribution in [-0.4, -0.2) is 26.7 Å². The number of nitrogens with zero attached hydrogens (tertiary/aromatic N) is 1. The van der Waals surface area contributed by atoms with Gasteiger partial charge in [-0.05, 0) is 18.2 Å². The number of anilines is 1. The first kappa shape index (κ1) is 10.7. The van der Waals surface area contributed by atoms with Crippen LogP contribution in [0.1, 0.15) is 0 Å². The number of halogens is 1. The molecule has 0 bridgehead atoms. The van der Waals surface area contributed by atoms with E-state index in [2.05, 4.69) is 0 Å². The summed E-state index contributed by atoms with van der Waals surface area (Å²) in [7, 11) is 3.02. The Morgan fingerprint density at radius 1 is 1.57 bits per heavy atom. The average Bonchev–Trinajstić information content (AvgIpc) is 2.17. The van der Waals surface area contributed by atoms with Gasteiger partial charge in [0, 0.05) is 19.8 Å². The van der Waals surface area contributed by atoms with Crippen LogP contribution in [-0.2, 0) is 9.53 Å². The Labute approximate surface area is 82.1 Å². The topological polar surface area (TPSA) is 29.5 Å². The molecule has 0 atom stereocenters. The summed E-state index contributed by atoms with van der Waals surface area (Å²) in [5, 5.41) is 0. The maximum atomic E-state index is 12.8. The SMILES string of the molecule is COCC(=O)N(C)c1cccc(F)c1. The number of likely N-dealkylation sites (N-methyl/N-ethyl adjacent to an activating group) is 1. The van der Waals surface area contributed by atoms with Gasteiger partial charge in [-0.15, -0.1) is 0 Å². The number of carbonyl (C=O) groups excluding carboxylic acids is 1. The summed E-state index contributed by atoms with van der Waals surface area (Å²) in [4.78, 5) is 12.7. The van der Waals surface area contributed by atoms with Gasteiger partial charge in [0.1, 0.15) is 12.4 Å². The molecular formula is C10H12FNO2. The van der Waals surface area contributed by atoms with Gasteiger partial charge in [-0.25, -0.2) is 4.39 Å². The van der Waals surface area contributed by atoms with Crippen molar-refractivity contribution < 1.29 is 13.9 Å². The molecular weight excluding hydrogens is 185 g/mol. The third kappa shape index (κ3) is 2.53. The molecule has 0 unspecified atom stereocenters. The summed E-state index contributed by atoms with van der Waals surface area (Å²) in [6.45, 7) is -0.00693. The third-order valence-corrected chi connectivity index (χ3v) is 1.84. The van der Waals surface area contributed by atoms with Crippen LogP contribution in [0.2, 0.25) is 0 Å². The summed E-state index contributed by atoms with van der Waals surface area (Å²) in [5.74, 6) is -0.572. The van der Waals surface area contributed by atoms with Gasteiger partial charge in [0.15, 0.2) is 0 Å². The Morgan fingerprint density at radius 3 is 2.86 bits per heavy atom. The standard InChI is InChI=1S/C10H12FNO2/c1-12(10(13)7-14-2)9-5-3-4-8(11)6-9/h3-6H,7H2,1-2H3. The van der Waals surface area contributed by atoms with E-state index < -0.39 is 0 Å². The molecule has 1 rings (SSSR count). The van der Waals surface area contributed by atoms with Gasteiger partial charge >= 0.3 is 0 Å². The van der Waals surface area contributed by atoms with Crippen LogP contribution in [0.3, 0.4) is 0 Å². The van der Waals surface area contributed by atoms with Crippen LogP contribution in [0.4, 0.5) is 10.1 Å². The summed E-state index contributed by atoms with van der Waals surface area (Å²) >= 11 is 0. The third-order valence-electron chi connectivity index (χ3n) is 1.84. The van der Waals surface area contributed by atoms with Gasteiger partial charge < -0.3 is 9.64 Å². The molecule has 0 aliphatic rings. The first-order chi connectivity index (χ1) is 6.65. The highest BCUT2D eigenvalue weighted by Crippen LogP contribution is 2.13. The highest BCUT2D eigenvalue weighted by molar-refractivity contribution is 5.93. The fourth-order valence-corrected chi connectivity index (χ4v) is 1.05. The number of hydrogen-bond acceptors (Lipinski definition) is 2. The largest absolute Gasteiger partial charge is 0.375 e. The molecule has 4 heteroatoms. The Kier molecular flexibility index (Phi) is 3.59. The molecule has 0 fully saturated rings. The van der Waals surface area contributed by atoms with E-state index in [-0.39, 0.29) is 18.3 Å². The van der Waals surface area contributed by atoms with Crippen molar-refractivity contribution in [1.29, 1.82) is 0 Å². The first-order valence-corrected chi connectivity index (χ1v) is 4.16. The maximum absolute atomic E-state index is 12.8. The maximum Gasteiger partial charge on any atom is 0.252 e. The molecule has 76 valence electrons. The van der Waals surface area contributed by atoms with Gasteiger partial charge in [-0.3, -0.25) is 4.79 Å². The molecule has 3 nitrogen and oxygen atoms in total. The summed E-state index contributed by atoms with van der Waals surface area (Å²) in [6.07, 6.45) is 0. The summed E-state index contributed by atoms with van der Waals surface area (Å²) < 4.78 is 17.5. The second kappa shape index (κ2) is 4.72. The van der Waals surface area contributed by atoms with Crippen molar-refractivity contribution >= 4 is 11.6 Å². The van der Waals surface area contributed by atoms with E-state index in [0.29, 0.717) is 5.69 Å². The normalized spacial score (nSPS) is 9.93. The number of hydrogen-bond donors (Lipinski definition) is 0. The number of benzene rings is 1. The van der Waals surface area contributed by atoms with E-state index in [1.807, 2.05) is 0 Å². The molecule has 1 amide bonds. The van der Waals surface area contributed by atoms with E-state index in [9.17, 15) is 9.18 Å². The molecule has 0 saturated heterocycles. The number of ether oxygens (including phenoxy) is 1. The van der Waals surface area contributed by atoms with Crippen molar-refractivity contribution in [2.75, 3.05) is 25.7 Å². The van der Waals surface area contributed by atoms with E-state index in [1.54, 1.807) is 19.2 Å². The average molecular weight is 197 g/mol. The van der Waals surface area contributed by atoms with Crippen LogP contribution in [0.25, 0.3) is 0 Å². The predicted molar refractivity (Wildman–Crippen MR) is 51.7 cm³/mol. The Balaban J connectivity index is 2.78. The van der Waals surface area contributed by atoms with Crippen LogP contribution in [0.15, 0.2) is 24.3 Å². The van der Waals surface area contributed by atoms with Crippen molar-refractivity contribution in [3.63, 3.8) is 0 Å². The van der Waals surface area contributed by atoms with E-state index >= 15 is 0 Å². The minimum absolute atomic E-state index is 0.00693.